The molecular formula is C14H21ClN2O4S. The minimum Gasteiger partial charge on any atom is -0.383 e. The van der Waals surface area contributed by atoms with E-state index in [1.165, 1.54) is 25.3 Å². The summed E-state index contributed by atoms with van der Waals surface area (Å²) >= 11 is 5.97. The topological polar surface area (TPSA) is 84.5 Å². The molecule has 0 saturated heterocycles. The van der Waals surface area contributed by atoms with E-state index in [2.05, 4.69) is 10.0 Å². The lowest BCUT2D eigenvalue weighted by Gasteiger charge is -2.21. The first-order chi connectivity index (χ1) is 10.1. The number of sulfonamides is 1. The van der Waals surface area contributed by atoms with Crippen molar-refractivity contribution < 1.29 is 17.9 Å². The summed E-state index contributed by atoms with van der Waals surface area (Å²) in [5.41, 5.74) is -0.436. The van der Waals surface area contributed by atoms with Gasteiger partial charge in [0.1, 0.15) is 4.90 Å². The fraction of sp³-hybridized carbons (Fsp3) is 0.500. The van der Waals surface area contributed by atoms with Gasteiger partial charge in [-0.15, -0.1) is 0 Å². The molecule has 1 aromatic carbocycles. The van der Waals surface area contributed by atoms with Gasteiger partial charge < -0.3 is 10.1 Å². The third-order valence-corrected chi connectivity index (χ3v) is 4.75. The molecule has 124 valence electrons. The van der Waals surface area contributed by atoms with Gasteiger partial charge in [-0.2, -0.15) is 0 Å². The summed E-state index contributed by atoms with van der Waals surface area (Å²) in [6.07, 6.45) is 0. The molecule has 0 aromatic heterocycles. The number of amides is 1. The van der Waals surface area contributed by atoms with Crippen molar-refractivity contribution in [2.45, 2.75) is 31.2 Å². The first kappa shape index (κ1) is 18.9. The predicted molar refractivity (Wildman–Crippen MR) is 85.7 cm³/mol. The monoisotopic (exact) mass is 348 g/mol. The van der Waals surface area contributed by atoms with E-state index in [0.717, 1.165) is 0 Å². The molecule has 1 amide bonds. The van der Waals surface area contributed by atoms with E-state index in [-0.39, 0.29) is 21.4 Å². The Labute approximate surface area is 136 Å². The van der Waals surface area contributed by atoms with E-state index in [4.69, 9.17) is 16.3 Å². The van der Waals surface area contributed by atoms with Gasteiger partial charge in [0.15, 0.2) is 0 Å². The van der Waals surface area contributed by atoms with Gasteiger partial charge in [0.2, 0.25) is 10.0 Å². The number of rotatable bonds is 6. The molecular weight excluding hydrogens is 328 g/mol. The van der Waals surface area contributed by atoms with Gasteiger partial charge in [-0.25, -0.2) is 13.1 Å². The van der Waals surface area contributed by atoms with Crippen molar-refractivity contribution in [3.05, 3.63) is 28.8 Å². The number of ether oxygens (including phenoxy) is 1. The Bertz CT molecular complexity index is 639. The van der Waals surface area contributed by atoms with Crippen molar-refractivity contribution in [1.82, 2.24) is 10.0 Å². The van der Waals surface area contributed by atoms with Gasteiger partial charge in [0, 0.05) is 24.8 Å². The zero-order chi connectivity index (χ0) is 17.0. The normalized spacial score (nSPS) is 12.2. The van der Waals surface area contributed by atoms with E-state index in [0.29, 0.717) is 13.2 Å². The van der Waals surface area contributed by atoms with Crippen LogP contribution in [0.2, 0.25) is 5.02 Å². The lowest BCUT2D eigenvalue weighted by Crippen LogP contribution is -2.40. The Morgan fingerprint density at radius 3 is 2.50 bits per heavy atom. The number of carbonyl (C=O) groups excluding carboxylic acids is 1. The molecule has 22 heavy (non-hydrogen) atoms. The largest absolute Gasteiger partial charge is 0.383 e. The summed E-state index contributed by atoms with van der Waals surface area (Å²) in [5, 5.41) is 2.68. The SMILES string of the molecule is COCCNC(=O)c1ccc(Cl)c(S(=O)(=O)NC(C)(C)C)c1. The van der Waals surface area contributed by atoms with Crippen molar-refractivity contribution >= 4 is 27.5 Å². The Morgan fingerprint density at radius 2 is 1.95 bits per heavy atom. The summed E-state index contributed by atoms with van der Waals surface area (Å²) < 4.78 is 32.1. The molecule has 0 fully saturated rings. The molecule has 1 aromatic rings. The maximum absolute atomic E-state index is 12.4. The van der Waals surface area contributed by atoms with E-state index >= 15 is 0 Å². The molecule has 0 spiro atoms. The van der Waals surface area contributed by atoms with Gasteiger partial charge in [0.25, 0.3) is 5.91 Å². The van der Waals surface area contributed by atoms with Gasteiger partial charge >= 0.3 is 0 Å². The van der Waals surface area contributed by atoms with Crippen LogP contribution in [0.15, 0.2) is 23.1 Å². The zero-order valence-corrected chi connectivity index (χ0v) is 14.6. The second kappa shape index (κ2) is 7.41. The van der Waals surface area contributed by atoms with Crippen LogP contribution in [0.4, 0.5) is 0 Å². The van der Waals surface area contributed by atoms with Crippen molar-refractivity contribution in [1.29, 1.82) is 0 Å². The molecule has 0 heterocycles. The van der Waals surface area contributed by atoms with E-state index < -0.39 is 15.6 Å². The highest BCUT2D eigenvalue weighted by Crippen LogP contribution is 2.24. The maximum atomic E-state index is 12.4. The van der Waals surface area contributed by atoms with Crippen molar-refractivity contribution in [3.8, 4) is 0 Å². The van der Waals surface area contributed by atoms with E-state index in [9.17, 15) is 13.2 Å². The Morgan fingerprint density at radius 1 is 1.32 bits per heavy atom. The molecule has 6 nitrogen and oxygen atoms in total. The second-order valence-corrected chi connectivity index (χ2v) is 7.81. The highest BCUT2D eigenvalue weighted by Gasteiger charge is 2.25. The quantitative estimate of drug-likeness (QED) is 0.768. The van der Waals surface area contributed by atoms with Crippen molar-refractivity contribution in [3.63, 3.8) is 0 Å². The Balaban J connectivity index is 3.07. The summed E-state index contributed by atoms with van der Waals surface area (Å²) in [6.45, 7) is 5.87. The fourth-order valence-electron chi connectivity index (χ4n) is 1.68. The number of carbonyl (C=O) groups is 1. The van der Waals surface area contributed by atoms with Crippen molar-refractivity contribution in [2.24, 2.45) is 0 Å². The van der Waals surface area contributed by atoms with Crippen LogP contribution in [0.1, 0.15) is 31.1 Å². The minimum absolute atomic E-state index is 0.0604. The molecule has 0 unspecified atom stereocenters. The first-order valence-electron chi connectivity index (χ1n) is 6.67. The van der Waals surface area contributed by atoms with Crippen LogP contribution in [-0.2, 0) is 14.8 Å². The minimum atomic E-state index is -3.82. The zero-order valence-electron chi connectivity index (χ0n) is 13.1. The van der Waals surface area contributed by atoms with Gasteiger partial charge in [-0.05, 0) is 39.0 Å². The summed E-state index contributed by atoms with van der Waals surface area (Å²) in [4.78, 5) is 11.8. The highest BCUT2D eigenvalue weighted by molar-refractivity contribution is 7.89. The van der Waals surface area contributed by atoms with Crippen LogP contribution >= 0.6 is 11.6 Å². The number of methoxy groups -OCH3 is 1. The van der Waals surface area contributed by atoms with Crippen LogP contribution in [0.25, 0.3) is 0 Å². The third kappa shape index (κ3) is 5.57. The van der Waals surface area contributed by atoms with Crippen molar-refractivity contribution in [2.75, 3.05) is 20.3 Å². The average Bonchev–Trinajstić information content (AvgIpc) is 2.36. The van der Waals surface area contributed by atoms with Crippen LogP contribution in [-0.4, -0.2) is 40.1 Å². The molecule has 8 heteroatoms. The third-order valence-electron chi connectivity index (χ3n) is 2.52. The van der Waals surface area contributed by atoms with Gasteiger partial charge in [-0.1, -0.05) is 11.6 Å². The number of hydrogen-bond acceptors (Lipinski definition) is 4. The van der Waals surface area contributed by atoms with Gasteiger partial charge in [0.05, 0.1) is 11.6 Å². The van der Waals surface area contributed by atoms with Crippen LogP contribution in [0.3, 0.4) is 0 Å². The number of hydrogen-bond donors (Lipinski definition) is 2. The average molecular weight is 349 g/mol. The fourth-order valence-corrected chi connectivity index (χ4v) is 3.62. The smallest absolute Gasteiger partial charge is 0.251 e. The van der Waals surface area contributed by atoms with E-state index in [1.807, 2.05) is 0 Å². The maximum Gasteiger partial charge on any atom is 0.251 e. The molecule has 0 bridgehead atoms. The van der Waals surface area contributed by atoms with Crippen LogP contribution < -0.4 is 10.0 Å². The lowest BCUT2D eigenvalue weighted by molar-refractivity contribution is 0.0937. The Hall–Kier alpha value is -1.15. The molecule has 0 saturated carbocycles. The number of benzene rings is 1. The predicted octanol–water partition coefficient (Wildman–Crippen LogP) is 1.79. The standard InChI is InChI=1S/C14H21ClN2O4S/c1-14(2,3)17-22(19,20)12-9-10(5-6-11(12)15)13(18)16-7-8-21-4/h5-6,9,17H,7-8H2,1-4H3,(H,16,18). The summed E-state index contributed by atoms with van der Waals surface area (Å²) in [6, 6.07) is 4.13. The molecule has 1 rings (SSSR count). The Kier molecular flexibility index (Phi) is 6.37. The molecule has 0 radical (unpaired) electrons. The first-order valence-corrected chi connectivity index (χ1v) is 8.53. The van der Waals surface area contributed by atoms with Gasteiger partial charge in [-0.3, -0.25) is 4.79 Å². The molecule has 0 aliphatic carbocycles. The highest BCUT2D eigenvalue weighted by atomic mass is 35.5. The van der Waals surface area contributed by atoms with Crippen LogP contribution in [0, 0.1) is 0 Å². The number of nitrogens with one attached hydrogen (secondary N) is 2. The van der Waals surface area contributed by atoms with Crippen LogP contribution in [0.5, 0.6) is 0 Å². The molecule has 2 N–H and O–H groups in total. The summed E-state index contributed by atoms with van der Waals surface area (Å²) in [5.74, 6) is -0.388. The molecule has 0 aliphatic rings. The molecule has 0 aliphatic heterocycles. The molecule has 0 atom stereocenters. The number of halogens is 1. The summed E-state index contributed by atoms with van der Waals surface area (Å²) in [7, 11) is -2.29. The second-order valence-electron chi connectivity index (χ2n) is 5.75. The van der Waals surface area contributed by atoms with E-state index in [1.54, 1.807) is 20.8 Å². The lowest BCUT2D eigenvalue weighted by atomic mass is 10.1.